The number of hydrogen-bond acceptors (Lipinski definition) is 3. The minimum absolute atomic E-state index is 0.193. The standard InChI is InChI=1S/C15H20BrNO3/c1-10(15(2,3)4)20-14(19)13(18)17-9-11-5-7-12(16)8-6-11/h5-8,10H,9H2,1-4H3,(H,17,18)/t10-/m1/s1. The summed E-state index contributed by atoms with van der Waals surface area (Å²) in [6.07, 6.45) is -0.326. The smallest absolute Gasteiger partial charge is 0.397 e. The molecule has 0 aliphatic carbocycles. The van der Waals surface area contributed by atoms with Crippen molar-refractivity contribution in [2.24, 2.45) is 5.41 Å². The number of esters is 1. The molecule has 0 unspecified atom stereocenters. The summed E-state index contributed by atoms with van der Waals surface area (Å²) in [7, 11) is 0. The minimum Gasteiger partial charge on any atom is -0.455 e. The Morgan fingerprint density at radius 2 is 1.80 bits per heavy atom. The van der Waals surface area contributed by atoms with Crippen molar-refractivity contribution in [3.8, 4) is 0 Å². The van der Waals surface area contributed by atoms with E-state index in [1.165, 1.54) is 0 Å². The van der Waals surface area contributed by atoms with E-state index in [-0.39, 0.29) is 11.5 Å². The molecule has 110 valence electrons. The largest absolute Gasteiger partial charge is 0.455 e. The van der Waals surface area contributed by atoms with Gasteiger partial charge in [-0.25, -0.2) is 4.79 Å². The van der Waals surface area contributed by atoms with E-state index in [9.17, 15) is 9.59 Å². The fourth-order valence-electron chi connectivity index (χ4n) is 1.25. The van der Waals surface area contributed by atoms with E-state index >= 15 is 0 Å². The molecule has 1 N–H and O–H groups in total. The van der Waals surface area contributed by atoms with Gasteiger partial charge in [0.1, 0.15) is 6.10 Å². The molecular weight excluding hydrogens is 322 g/mol. The van der Waals surface area contributed by atoms with Crippen LogP contribution < -0.4 is 5.32 Å². The zero-order chi connectivity index (χ0) is 15.3. The second-order valence-electron chi connectivity index (χ2n) is 5.72. The monoisotopic (exact) mass is 341 g/mol. The van der Waals surface area contributed by atoms with E-state index in [0.29, 0.717) is 6.54 Å². The van der Waals surface area contributed by atoms with Gasteiger partial charge in [0.15, 0.2) is 0 Å². The Labute approximate surface area is 128 Å². The van der Waals surface area contributed by atoms with Gasteiger partial charge in [-0.05, 0) is 30.0 Å². The summed E-state index contributed by atoms with van der Waals surface area (Å²) >= 11 is 3.33. The van der Waals surface area contributed by atoms with Crippen LogP contribution in [0.25, 0.3) is 0 Å². The van der Waals surface area contributed by atoms with Crippen molar-refractivity contribution >= 4 is 27.8 Å². The van der Waals surface area contributed by atoms with Crippen LogP contribution in [-0.4, -0.2) is 18.0 Å². The SMILES string of the molecule is C[C@@H](OC(=O)C(=O)NCc1ccc(Br)cc1)C(C)(C)C. The molecule has 1 aromatic rings. The number of carbonyl (C=O) groups is 2. The van der Waals surface area contributed by atoms with Crippen LogP contribution >= 0.6 is 15.9 Å². The summed E-state index contributed by atoms with van der Waals surface area (Å²) in [6.45, 7) is 7.92. The molecule has 0 bridgehead atoms. The molecule has 0 aromatic heterocycles. The van der Waals surface area contributed by atoms with Gasteiger partial charge in [-0.1, -0.05) is 48.8 Å². The van der Waals surface area contributed by atoms with Crippen molar-refractivity contribution in [1.29, 1.82) is 0 Å². The fourth-order valence-corrected chi connectivity index (χ4v) is 1.51. The van der Waals surface area contributed by atoms with Gasteiger partial charge < -0.3 is 10.1 Å². The molecule has 0 heterocycles. The first kappa shape index (κ1) is 16.7. The molecule has 4 nitrogen and oxygen atoms in total. The zero-order valence-electron chi connectivity index (χ0n) is 12.2. The third kappa shape index (κ3) is 5.33. The first-order valence-electron chi connectivity index (χ1n) is 6.43. The molecule has 0 aliphatic heterocycles. The van der Waals surface area contributed by atoms with E-state index < -0.39 is 11.9 Å². The third-order valence-corrected chi connectivity index (χ3v) is 3.58. The summed E-state index contributed by atoms with van der Waals surface area (Å²) in [5.41, 5.74) is 0.722. The number of nitrogens with one attached hydrogen (secondary N) is 1. The number of amides is 1. The van der Waals surface area contributed by atoms with Crippen LogP contribution in [0.1, 0.15) is 33.3 Å². The zero-order valence-corrected chi connectivity index (χ0v) is 13.8. The molecular formula is C15H20BrNO3. The van der Waals surface area contributed by atoms with Crippen LogP contribution in [0.5, 0.6) is 0 Å². The topological polar surface area (TPSA) is 55.4 Å². The quantitative estimate of drug-likeness (QED) is 0.679. The maximum atomic E-state index is 11.7. The Kier molecular flexibility index (Phi) is 5.74. The average Bonchev–Trinajstić information content (AvgIpc) is 2.36. The molecule has 0 radical (unpaired) electrons. The van der Waals surface area contributed by atoms with Crippen molar-refractivity contribution < 1.29 is 14.3 Å². The molecule has 0 saturated heterocycles. The fraction of sp³-hybridized carbons (Fsp3) is 0.467. The predicted octanol–water partition coefficient (Wildman–Crippen LogP) is 3.04. The Hall–Kier alpha value is -1.36. The highest BCUT2D eigenvalue weighted by atomic mass is 79.9. The molecule has 1 atom stereocenters. The lowest BCUT2D eigenvalue weighted by Crippen LogP contribution is -2.37. The van der Waals surface area contributed by atoms with E-state index in [1.807, 2.05) is 45.0 Å². The van der Waals surface area contributed by atoms with E-state index in [0.717, 1.165) is 10.0 Å². The van der Waals surface area contributed by atoms with Gasteiger partial charge >= 0.3 is 11.9 Å². The van der Waals surface area contributed by atoms with Crippen LogP contribution in [0.3, 0.4) is 0 Å². The number of carbonyl (C=O) groups excluding carboxylic acids is 2. The summed E-state index contributed by atoms with van der Waals surface area (Å²) in [5, 5.41) is 2.55. The van der Waals surface area contributed by atoms with Gasteiger partial charge in [0, 0.05) is 11.0 Å². The molecule has 0 aliphatic rings. The van der Waals surface area contributed by atoms with Crippen LogP contribution in [-0.2, 0) is 20.9 Å². The van der Waals surface area contributed by atoms with Gasteiger partial charge in [-0.3, -0.25) is 4.79 Å². The Bertz CT molecular complexity index is 477. The second-order valence-corrected chi connectivity index (χ2v) is 6.64. The van der Waals surface area contributed by atoms with E-state index in [4.69, 9.17) is 4.74 Å². The lowest BCUT2D eigenvalue weighted by Gasteiger charge is -2.26. The number of rotatable bonds is 3. The number of benzene rings is 1. The van der Waals surface area contributed by atoms with Gasteiger partial charge in [0.2, 0.25) is 0 Å². The number of hydrogen-bond donors (Lipinski definition) is 1. The van der Waals surface area contributed by atoms with Crippen LogP contribution in [0.15, 0.2) is 28.7 Å². The molecule has 0 fully saturated rings. The minimum atomic E-state index is -0.843. The van der Waals surface area contributed by atoms with Crippen LogP contribution in [0.4, 0.5) is 0 Å². The lowest BCUT2D eigenvalue weighted by atomic mass is 9.90. The summed E-state index contributed by atoms with van der Waals surface area (Å²) in [5.74, 6) is -1.56. The van der Waals surface area contributed by atoms with Crippen LogP contribution in [0, 0.1) is 5.41 Å². The molecule has 1 amide bonds. The van der Waals surface area contributed by atoms with E-state index in [2.05, 4.69) is 21.2 Å². The van der Waals surface area contributed by atoms with Gasteiger partial charge in [0.05, 0.1) is 0 Å². The van der Waals surface area contributed by atoms with Crippen molar-refractivity contribution in [2.45, 2.75) is 40.3 Å². The molecule has 0 saturated carbocycles. The van der Waals surface area contributed by atoms with Gasteiger partial charge in [0.25, 0.3) is 0 Å². The Morgan fingerprint density at radius 3 is 2.30 bits per heavy atom. The average molecular weight is 342 g/mol. The number of ether oxygens (including phenoxy) is 1. The first-order chi connectivity index (χ1) is 9.20. The third-order valence-electron chi connectivity index (χ3n) is 3.06. The molecule has 1 aromatic carbocycles. The highest BCUT2D eigenvalue weighted by Gasteiger charge is 2.26. The Morgan fingerprint density at radius 1 is 1.25 bits per heavy atom. The predicted molar refractivity (Wildman–Crippen MR) is 81.0 cm³/mol. The maximum Gasteiger partial charge on any atom is 0.397 e. The normalized spacial score (nSPS) is 12.7. The summed E-state index contributed by atoms with van der Waals surface area (Å²) < 4.78 is 6.09. The van der Waals surface area contributed by atoms with Gasteiger partial charge in [-0.15, -0.1) is 0 Å². The van der Waals surface area contributed by atoms with Crippen molar-refractivity contribution in [2.75, 3.05) is 0 Å². The Balaban J connectivity index is 2.46. The highest BCUT2D eigenvalue weighted by molar-refractivity contribution is 9.10. The molecule has 20 heavy (non-hydrogen) atoms. The van der Waals surface area contributed by atoms with Crippen molar-refractivity contribution in [1.82, 2.24) is 5.32 Å². The van der Waals surface area contributed by atoms with Crippen molar-refractivity contribution in [3.63, 3.8) is 0 Å². The highest BCUT2D eigenvalue weighted by Crippen LogP contribution is 2.21. The molecule has 5 heteroatoms. The number of halogens is 1. The summed E-state index contributed by atoms with van der Waals surface area (Å²) in [6, 6.07) is 7.49. The molecule has 1 rings (SSSR count). The van der Waals surface area contributed by atoms with Gasteiger partial charge in [-0.2, -0.15) is 0 Å². The van der Waals surface area contributed by atoms with E-state index in [1.54, 1.807) is 6.92 Å². The lowest BCUT2D eigenvalue weighted by molar-refractivity contribution is -0.162. The van der Waals surface area contributed by atoms with Crippen LogP contribution in [0.2, 0.25) is 0 Å². The summed E-state index contributed by atoms with van der Waals surface area (Å²) in [4.78, 5) is 23.3. The second kappa shape index (κ2) is 6.88. The molecule has 0 spiro atoms. The maximum absolute atomic E-state index is 11.7. The first-order valence-corrected chi connectivity index (χ1v) is 7.22. The van der Waals surface area contributed by atoms with Crippen molar-refractivity contribution in [3.05, 3.63) is 34.3 Å².